The zero-order valence-corrected chi connectivity index (χ0v) is 20.3. The van der Waals surface area contributed by atoms with Gasteiger partial charge in [-0.25, -0.2) is 4.79 Å². The molecule has 186 valence electrons. The van der Waals surface area contributed by atoms with Crippen LogP contribution in [0.1, 0.15) is 43.2 Å². The van der Waals surface area contributed by atoms with Crippen LogP contribution in [0.5, 0.6) is 0 Å². The predicted molar refractivity (Wildman–Crippen MR) is 132 cm³/mol. The maximum Gasteiger partial charge on any atom is 0.407 e. The molecule has 0 bridgehead atoms. The Morgan fingerprint density at radius 1 is 1.11 bits per heavy atom. The number of carboxylic acid groups (broad SMARTS) is 1. The maximum atomic E-state index is 13.3. The Morgan fingerprint density at radius 3 is 2.29 bits per heavy atom. The first-order chi connectivity index (χ1) is 16.9. The summed E-state index contributed by atoms with van der Waals surface area (Å²) in [6.07, 6.45) is -0.0677. The van der Waals surface area contributed by atoms with Crippen LogP contribution < -0.4 is 5.32 Å². The summed E-state index contributed by atoms with van der Waals surface area (Å²) in [4.78, 5) is 41.3. The third-order valence-electron chi connectivity index (χ3n) is 7.01. The topological polar surface area (TPSA) is 99.2 Å². The Hall–Kier alpha value is -3.39. The van der Waals surface area contributed by atoms with E-state index in [1.807, 2.05) is 50.4 Å². The number of likely N-dealkylation sites (tertiary alicyclic amines) is 1. The molecule has 0 aromatic heterocycles. The second-order valence-corrected chi connectivity index (χ2v) is 9.28. The van der Waals surface area contributed by atoms with Gasteiger partial charge in [0.05, 0.1) is 0 Å². The summed E-state index contributed by atoms with van der Waals surface area (Å²) in [5, 5.41) is 11.8. The monoisotopic (exact) mass is 479 g/mol. The van der Waals surface area contributed by atoms with Crippen molar-refractivity contribution in [3.8, 4) is 11.1 Å². The van der Waals surface area contributed by atoms with Crippen molar-refractivity contribution in [3.05, 3.63) is 59.7 Å². The van der Waals surface area contributed by atoms with Gasteiger partial charge in [0, 0.05) is 31.5 Å². The number of benzene rings is 2. The Bertz CT molecular complexity index is 1040. The number of hydrogen-bond acceptors (Lipinski definition) is 5. The summed E-state index contributed by atoms with van der Waals surface area (Å²) in [6.45, 7) is 4.18. The number of carbonyl (C=O) groups excluding carboxylic acids is 2. The number of nitrogens with zero attached hydrogens (tertiary/aromatic N) is 2. The van der Waals surface area contributed by atoms with Gasteiger partial charge in [-0.05, 0) is 55.6 Å². The lowest BCUT2D eigenvalue weighted by molar-refractivity contribution is -0.138. The minimum atomic E-state index is -1.01. The second kappa shape index (κ2) is 10.9. The van der Waals surface area contributed by atoms with Crippen LogP contribution in [-0.4, -0.2) is 78.2 Å². The number of fused-ring (bicyclic) bond motifs is 3. The summed E-state index contributed by atoms with van der Waals surface area (Å²) in [5.74, 6) is -1.37. The SMILES string of the molecule is CCN(C(=O)C(CCC(=O)O)NC(=O)OCC1c2ccccc2-c2ccccc21)C1CCN(C)C1. The molecular formula is C27H33N3O5. The molecule has 1 aliphatic carbocycles. The molecule has 35 heavy (non-hydrogen) atoms. The van der Waals surface area contributed by atoms with Crippen molar-refractivity contribution >= 4 is 18.0 Å². The number of carbonyl (C=O) groups is 3. The highest BCUT2D eigenvalue weighted by molar-refractivity contribution is 5.86. The van der Waals surface area contributed by atoms with Gasteiger partial charge in [-0.1, -0.05) is 48.5 Å². The third-order valence-corrected chi connectivity index (χ3v) is 7.01. The minimum Gasteiger partial charge on any atom is -0.481 e. The van der Waals surface area contributed by atoms with Gasteiger partial charge < -0.3 is 25.0 Å². The largest absolute Gasteiger partial charge is 0.481 e. The molecule has 2 aromatic rings. The number of likely N-dealkylation sites (N-methyl/N-ethyl adjacent to an activating group) is 2. The smallest absolute Gasteiger partial charge is 0.407 e. The lowest BCUT2D eigenvalue weighted by Crippen LogP contribution is -2.52. The average molecular weight is 480 g/mol. The lowest BCUT2D eigenvalue weighted by Gasteiger charge is -2.31. The molecule has 1 heterocycles. The highest BCUT2D eigenvalue weighted by Crippen LogP contribution is 2.44. The fourth-order valence-corrected chi connectivity index (χ4v) is 5.27. The van der Waals surface area contributed by atoms with Crippen LogP contribution in [0.15, 0.2) is 48.5 Å². The van der Waals surface area contributed by atoms with Crippen LogP contribution in [0.25, 0.3) is 11.1 Å². The summed E-state index contributed by atoms with van der Waals surface area (Å²) in [5.41, 5.74) is 4.46. The van der Waals surface area contributed by atoms with Gasteiger partial charge in [0.1, 0.15) is 12.6 Å². The number of hydrogen-bond donors (Lipinski definition) is 2. The molecule has 0 radical (unpaired) electrons. The van der Waals surface area contributed by atoms with Gasteiger partial charge in [-0.2, -0.15) is 0 Å². The number of carboxylic acids is 1. The molecule has 0 spiro atoms. The van der Waals surface area contributed by atoms with E-state index in [1.165, 1.54) is 0 Å². The van der Waals surface area contributed by atoms with Crippen LogP contribution in [0.4, 0.5) is 4.79 Å². The molecule has 2 unspecified atom stereocenters. The molecule has 2 N–H and O–H groups in total. The fourth-order valence-electron chi connectivity index (χ4n) is 5.27. The van der Waals surface area contributed by atoms with Crippen LogP contribution in [0.2, 0.25) is 0 Å². The first kappa shape index (κ1) is 24.7. The lowest BCUT2D eigenvalue weighted by atomic mass is 9.98. The first-order valence-corrected chi connectivity index (χ1v) is 12.2. The Kier molecular flexibility index (Phi) is 7.70. The van der Waals surface area contributed by atoms with Crippen LogP contribution in [-0.2, 0) is 14.3 Å². The Morgan fingerprint density at radius 2 is 1.74 bits per heavy atom. The highest BCUT2D eigenvalue weighted by Gasteiger charge is 2.34. The molecular weight excluding hydrogens is 446 g/mol. The molecule has 1 saturated heterocycles. The number of aliphatic carboxylic acids is 1. The van der Waals surface area contributed by atoms with Gasteiger partial charge in [-0.15, -0.1) is 0 Å². The van der Waals surface area contributed by atoms with Crippen molar-refractivity contribution < 1.29 is 24.2 Å². The number of nitrogens with one attached hydrogen (secondary N) is 1. The van der Waals surface area contributed by atoms with Crippen molar-refractivity contribution in [2.24, 2.45) is 0 Å². The van der Waals surface area contributed by atoms with Crippen molar-refractivity contribution in [1.82, 2.24) is 15.1 Å². The van der Waals surface area contributed by atoms with Crippen molar-refractivity contribution in [2.75, 3.05) is 33.3 Å². The molecule has 2 aliphatic rings. The van der Waals surface area contributed by atoms with Crippen molar-refractivity contribution in [2.45, 2.75) is 44.2 Å². The summed E-state index contributed by atoms with van der Waals surface area (Å²) in [7, 11) is 2.01. The van der Waals surface area contributed by atoms with Crippen LogP contribution >= 0.6 is 0 Å². The fraction of sp³-hybridized carbons (Fsp3) is 0.444. The average Bonchev–Trinajstić information content (AvgIpc) is 3.42. The van der Waals surface area contributed by atoms with E-state index in [4.69, 9.17) is 4.74 Å². The van der Waals surface area contributed by atoms with Gasteiger partial charge >= 0.3 is 12.1 Å². The van der Waals surface area contributed by atoms with E-state index in [-0.39, 0.29) is 37.3 Å². The minimum absolute atomic E-state index is 0.0113. The van der Waals surface area contributed by atoms with E-state index >= 15 is 0 Å². The second-order valence-electron chi connectivity index (χ2n) is 9.28. The van der Waals surface area contributed by atoms with Gasteiger partial charge in [-0.3, -0.25) is 9.59 Å². The molecule has 8 nitrogen and oxygen atoms in total. The number of alkyl carbamates (subject to hydrolysis) is 1. The van der Waals surface area contributed by atoms with Crippen LogP contribution in [0, 0.1) is 0 Å². The van der Waals surface area contributed by atoms with Gasteiger partial charge in [0.2, 0.25) is 5.91 Å². The Balaban J connectivity index is 1.44. The molecule has 1 aliphatic heterocycles. The molecule has 8 heteroatoms. The molecule has 0 saturated carbocycles. The summed E-state index contributed by atoms with van der Waals surface area (Å²) >= 11 is 0. The first-order valence-electron chi connectivity index (χ1n) is 12.2. The molecule has 2 amide bonds. The van der Waals surface area contributed by atoms with E-state index < -0.39 is 18.1 Å². The number of amides is 2. The zero-order chi connectivity index (χ0) is 24.9. The quantitative estimate of drug-likeness (QED) is 0.573. The number of ether oxygens (including phenoxy) is 1. The highest BCUT2D eigenvalue weighted by atomic mass is 16.5. The van der Waals surface area contributed by atoms with E-state index in [0.29, 0.717) is 6.54 Å². The van der Waals surface area contributed by atoms with E-state index in [0.717, 1.165) is 41.8 Å². The zero-order valence-electron chi connectivity index (χ0n) is 20.3. The van der Waals surface area contributed by atoms with Crippen LogP contribution in [0.3, 0.4) is 0 Å². The van der Waals surface area contributed by atoms with Gasteiger partial charge in [0.25, 0.3) is 0 Å². The van der Waals surface area contributed by atoms with Crippen molar-refractivity contribution in [3.63, 3.8) is 0 Å². The molecule has 2 atom stereocenters. The number of rotatable bonds is 9. The predicted octanol–water partition coefficient (Wildman–Crippen LogP) is 3.31. The standard InChI is InChI=1S/C27H33N3O5/c1-3-30(18-14-15-29(2)16-18)26(33)24(12-13-25(31)32)28-27(34)35-17-23-21-10-6-4-8-19(21)20-9-5-7-11-22(20)23/h4-11,18,23-24H,3,12-17H2,1-2H3,(H,28,34)(H,31,32). The van der Waals surface area contributed by atoms with E-state index in [2.05, 4.69) is 22.3 Å². The molecule has 4 rings (SSSR count). The molecule has 1 fully saturated rings. The third kappa shape index (κ3) is 5.48. The maximum absolute atomic E-state index is 13.3. The van der Waals surface area contributed by atoms with Crippen molar-refractivity contribution in [1.29, 1.82) is 0 Å². The summed E-state index contributed by atoms with van der Waals surface area (Å²) in [6, 6.07) is 15.2. The summed E-state index contributed by atoms with van der Waals surface area (Å²) < 4.78 is 5.61. The Labute approximate surface area is 205 Å². The van der Waals surface area contributed by atoms with E-state index in [1.54, 1.807) is 4.90 Å². The normalized spacial score (nSPS) is 17.9. The van der Waals surface area contributed by atoms with E-state index in [9.17, 15) is 19.5 Å². The van der Waals surface area contributed by atoms with Gasteiger partial charge in [0.15, 0.2) is 0 Å². The molecule has 2 aromatic carbocycles.